The standard InChI is InChI=1S/C12H23F3N2O2/c1-2-11(19)9-5-10(16-8-12(13,14)15)7-17(6-9)3-4-18/h9-11,16,18-19H,2-8H2,1H3. The Hall–Kier alpha value is -0.370. The lowest BCUT2D eigenvalue weighted by molar-refractivity contribution is -0.127. The zero-order chi connectivity index (χ0) is 14.5. The molecule has 4 nitrogen and oxygen atoms in total. The van der Waals surface area contributed by atoms with Crippen LogP contribution in [-0.4, -0.2) is 66.2 Å². The van der Waals surface area contributed by atoms with E-state index < -0.39 is 18.8 Å². The topological polar surface area (TPSA) is 55.7 Å². The molecule has 0 spiro atoms. The number of nitrogens with zero attached hydrogens (tertiary/aromatic N) is 1. The lowest BCUT2D eigenvalue weighted by Gasteiger charge is -2.39. The fraction of sp³-hybridized carbons (Fsp3) is 1.00. The van der Waals surface area contributed by atoms with Crippen LogP contribution in [0.25, 0.3) is 0 Å². The minimum atomic E-state index is -4.22. The average molecular weight is 284 g/mol. The Kier molecular flexibility index (Phi) is 6.52. The van der Waals surface area contributed by atoms with Crippen molar-refractivity contribution in [1.82, 2.24) is 10.2 Å². The Morgan fingerprint density at radius 1 is 1.37 bits per heavy atom. The molecule has 1 aliphatic rings. The van der Waals surface area contributed by atoms with E-state index in [-0.39, 0.29) is 18.6 Å². The van der Waals surface area contributed by atoms with E-state index in [1.807, 2.05) is 11.8 Å². The monoisotopic (exact) mass is 284 g/mol. The van der Waals surface area contributed by atoms with Crippen LogP contribution in [0, 0.1) is 5.92 Å². The quantitative estimate of drug-likeness (QED) is 0.668. The Morgan fingerprint density at radius 3 is 2.58 bits per heavy atom. The van der Waals surface area contributed by atoms with Crippen molar-refractivity contribution in [3.63, 3.8) is 0 Å². The number of halogens is 3. The molecule has 3 unspecified atom stereocenters. The van der Waals surface area contributed by atoms with Crippen LogP contribution in [0.5, 0.6) is 0 Å². The second kappa shape index (κ2) is 7.42. The maximum atomic E-state index is 12.2. The Morgan fingerprint density at radius 2 is 2.05 bits per heavy atom. The van der Waals surface area contributed by atoms with Crippen LogP contribution in [0.1, 0.15) is 19.8 Å². The molecule has 1 rings (SSSR count). The molecule has 0 bridgehead atoms. The number of hydrogen-bond acceptors (Lipinski definition) is 4. The van der Waals surface area contributed by atoms with Gasteiger partial charge in [-0.2, -0.15) is 13.2 Å². The second-order valence-electron chi connectivity index (χ2n) is 5.15. The van der Waals surface area contributed by atoms with Gasteiger partial charge in [0.25, 0.3) is 0 Å². The predicted molar refractivity (Wildman–Crippen MR) is 65.8 cm³/mol. The minimum absolute atomic E-state index is 0.0269. The average Bonchev–Trinajstić information content (AvgIpc) is 2.35. The van der Waals surface area contributed by atoms with E-state index in [1.165, 1.54) is 0 Å². The first-order valence-corrected chi connectivity index (χ1v) is 6.67. The van der Waals surface area contributed by atoms with Crippen molar-refractivity contribution in [2.75, 3.05) is 32.8 Å². The van der Waals surface area contributed by atoms with Crippen molar-refractivity contribution in [2.24, 2.45) is 5.92 Å². The van der Waals surface area contributed by atoms with E-state index in [4.69, 9.17) is 5.11 Å². The van der Waals surface area contributed by atoms with E-state index in [0.717, 1.165) is 0 Å². The summed E-state index contributed by atoms with van der Waals surface area (Å²) in [5.41, 5.74) is 0. The Balaban J connectivity index is 2.54. The molecule has 0 aliphatic carbocycles. The highest BCUT2D eigenvalue weighted by molar-refractivity contribution is 4.86. The Labute approximate surface area is 111 Å². The number of rotatable bonds is 6. The molecule has 1 aliphatic heterocycles. The zero-order valence-electron chi connectivity index (χ0n) is 11.2. The molecule has 0 amide bonds. The van der Waals surface area contributed by atoms with Crippen molar-refractivity contribution in [3.05, 3.63) is 0 Å². The second-order valence-corrected chi connectivity index (χ2v) is 5.15. The molecule has 7 heteroatoms. The summed E-state index contributed by atoms with van der Waals surface area (Å²) in [6.07, 6.45) is -3.61. The van der Waals surface area contributed by atoms with Gasteiger partial charge in [-0.1, -0.05) is 6.92 Å². The maximum absolute atomic E-state index is 12.2. The number of aliphatic hydroxyl groups is 2. The molecule has 3 N–H and O–H groups in total. The van der Waals surface area contributed by atoms with Gasteiger partial charge in [0.2, 0.25) is 0 Å². The first-order valence-electron chi connectivity index (χ1n) is 6.67. The number of piperidine rings is 1. The number of β-amino-alcohol motifs (C(OH)–C–C–N with tert-alkyl or cyclic N) is 1. The van der Waals surface area contributed by atoms with Crippen molar-refractivity contribution in [3.8, 4) is 0 Å². The lowest BCUT2D eigenvalue weighted by Crippen LogP contribution is -2.53. The highest BCUT2D eigenvalue weighted by Gasteiger charge is 2.33. The van der Waals surface area contributed by atoms with Gasteiger partial charge < -0.3 is 15.5 Å². The molecule has 0 radical (unpaired) electrons. The molecule has 0 aromatic heterocycles. The van der Waals surface area contributed by atoms with Crippen LogP contribution in [0.2, 0.25) is 0 Å². The number of likely N-dealkylation sites (tertiary alicyclic amines) is 1. The highest BCUT2D eigenvalue weighted by Crippen LogP contribution is 2.22. The summed E-state index contributed by atoms with van der Waals surface area (Å²) >= 11 is 0. The molecule has 114 valence electrons. The van der Waals surface area contributed by atoms with Crippen LogP contribution in [0.4, 0.5) is 13.2 Å². The van der Waals surface area contributed by atoms with Crippen LogP contribution >= 0.6 is 0 Å². The summed E-state index contributed by atoms with van der Waals surface area (Å²) in [6.45, 7) is 2.34. The summed E-state index contributed by atoms with van der Waals surface area (Å²) < 4.78 is 36.6. The summed E-state index contributed by atoms with van der Waals surface area (Å²) in [6, 6.07) is -0.298. The molecule has 0 saturated carbocycles. The normalized spacial score (nSPS) is 27.5. The molecular formula is C12H23F3N2O2. The third kappa shape index (κ3) is 6.07. The Bertz CT molecular complexity index is 264. The number of nitrogens with one attached hydrogen (secondary N) is 1. The molecular weight excluding hydrogens is 261 g/mol. The smallest absolute Gasteiger partial charge is 0.395 e. The van der Waals surface area contributed by atoms with E-state index >= 15 is 0 Å². The van der Waals surface area contributed by atoms with Gasteiger partial charge in [0.15, 0.2) is 0 Å². The zero-order valence-corrected chi connectivity index (χ0v) is 11.2. The van der Waals surface area contributed by atoms with Crippen LogP contribution in [-0.2, 0) is 0 Å². The van der Waals surface area contributed by atoms with Crippen molar-refractivity contribution in [2.45, 2.75) is 38.1 Å². The van der Waals surface area contributed by atoms with Crippen molar-refractivity contribution >= 4 is 0 Å². The lowest BCUT2D eigenvalue weighted by atomic mass is 9.88. The molecule has 1 saturated heterocycles. The van der Waals surface area contributed by atoms with Gasteiger partial charge in [-0.3, -0.25) is 4.90 Å². The third-order valence-corrected chi connectivity index (χ3v) is 3.53. The maximum Gasteiger partial charge on any atom is 0.401 e. The fourth-order valence-corrected chi connectivity index (χ4v) is 2.58. The summed E-state index contributed by atoms with van der Waals surface area (Å²) in [5.74, 6) is -0.0453. The van der Waals surface area contributed by atoms with Gasteiger partial charge in [-0.25, -0.2) is 0 Å². The molecule has 3 atom stereocenters. The first-order chi connectivity index (χ1) is 8.85. The predicted octanol–water partition coefficient (Wildman–Crippen LogP) is 0.592. The summed E-state index contributed by atoms with van der Waals surface area (Å²) in [7, 11) is 0. The van der Waals surface area contributed by atoms with Gasteiger partial charge in [0.05, 0.1) is 19.3 Å². The van der Waals surface area contributed by atoms with Crippen LogP contribution < -0.4 is 5.32 Å². The molecule has 1 heterocycles. The SMILES string of the molecule is CCC(O)C1CC(NCC(F)(F)F)CN(CCO)C1. The third-order valence-electron chi connectivity index (χ3n) is 3.53. The number of hydrogen-bond donors (Lipinski definition) is 3. The highest BCUT2D eigenvalue weighted by atomic mass is 19.4. The fourth-order valence-electron chi connectivity index (χ4n) is 2.58. The molecule has 1 fully saturated rings. The van der Waals surface area contributed by atoms with Crippen LogP contribution in [0.15, 0.2) is 0 Å². The molecule has 0 aromatic carbocycles. The summed E-state index contributed by atoms with van der Waals surface area (Å²) in [5, 5.41) is 21.3. The van der Waals surface area contributed by atoms with Crippen molar-refractivity contribution < 1.29 is 23.4 Å². The minimum Gasteiger partial charge on any atom is -0.395 e. The van der Waals surface area contributed by atoms with Crippen molar-refractivity contribution in [1.29, 1.82) is 0 Å². The van der Waals surface area contributed by atoms with Gasteiger partial charge in [-0.05, 0) is 18.8 Å². The van der Waals surface area contributed by atoms with Gasteiger partial charge in [-0.15, -0.1) is 0 Å². The molecule has 19 heavy (non-hydrogen) atoms. The van der Waals surface area contributed by atoms with Gasteiger partial charge in [0.1, 0.15) is 0 Å². The van der Waals surface area contributed by atoms with Gasteiger partial charge >= 0.3 is 6.18 Å². The first kappa shape index (κ1) is 16.7. The number of alkyl halides is 3. The van der Waals surface area contributed by atoms with E-state index in [1.54, 1.807) is 0 Å². The van der Waals surface area contributed by atoms with Gasteiger partial charge in [0, 0.05) is 25.7 Å². The van der Waals surface area contributed by atoms with Crippen LogP contribution in [0.3, 0.4) is 0 Å². The molecule has 0 aromatic rings. The summed E-state index contributed by atoms with van der Waals surface area (Å²) in [4.78, 5) is 1.90. The largest absolute Gasteiger partial charge is 0.401 e. The van der Waals surface area contributed by atoms with E-state index in [0.29, 0.717) is 32.5 Å². The number of aliphatic hydroxyl groups excluding tert-OH is 2. The van der Waals surface area contributed by atoms with E-state index in [2.05, 4.69) is 5.32 Å². The van der Waals surface area contributed by atoms with E-state index in [9.17, 15) is 18.3 Å².